The van der Waals surface area contributed by atoms with Crippen molar-refractivity contribution >= 4 is 11.6 Å². The SMILES string of the molecule is COc1ccc(OC)c2c1CN(CC(=O)N1c3ccccc3CC[C@H]1C)C[C@H]2O. The number of aliphatic hydroxyl groups is 1. The number of β-amino-alcohol motifs (C(OH)–C–C–N with tert-alkyl or cyclic N) is 1. The summed E-state index contributed by atoms with van der Waals surface area (Å²) in [4.78, 5) is 17.2. The summed E-state index contributed by atoms with van der Waals surface area (Å²) in [5.41, 5.74) is 3.86. The first-order valence-electron chi connectivity index (χ1n) is 10.1. The van der Waals surface area contributed by atoms with Crippen molar-refractivity contribution in [3.63, 3.8) is 0 Å². The molecule has 0 aliphatic carbocycles. The Kier molecular flexibility index (Phi) is 5.48. The highest BCUT2D eigenvalue weighted by Crippen LogP contribution is 2.39. The van der Waals surface area contributed by atoms with Gasteiger partial charge in [0, 0.05) is 35.9 Å². The van der Waals surface area contributed by atoms with E-state index in [1.807, 2.05) is 40.1 Å². The van der Waals surface area contributed by atoms with Crippen LogP contribution in [0.3, 0.4) is 0 Å². The maximum Gasteiger partial charge on any atom is 0.241 e. The van der Waals surface area contributed by atoms with E-state index in [1.54, 1.807) is 14.2 Å². The van der Waals surface area contributed by atoms with Gasteiger partial charge in [0.25, 0.3) is 0 Å². The third-order valence-corrected chi connectivity index (χ3v) is 6.01. The van der Waals surface area contributed by atoms with E-state index in [2.05, 4.69) is 13.0 Å². The monoisotopic (exact) mass is 396 g/mol. The van der Waals surface area contributed by atoms with Crippen LogP contribution in [0.25, 0.3) is 0 Å². The van der Waals surface area contributed by atoms with Crippen LogP contribution in [-0.4, -0.2) is 49.3 Å². The van der Waals surface area contributed by atoms with Gasteiger partial charge in [-0.15, -0.1) is 0 Å². The standard InChI is InChI=1S/C23H28N2O4/c1-15-8-9-16-6-4-5-7-18(16)25(15)22(27)14-24-12-17-20(28-2)10-11-21(29-3)23(17)19(26)13-24/h4-7,10-11,15,19,26H,8-9,12-14H2,1-3H3/t15-,19-/m1/s1. The number of hydrogen-bond donors (Lipinski definition) is 1. The number of fused-ring (bicyclic) bond motifs is 2. The van der Waals surface area contributed by atoms with E-state index in [0.717, 1.165) is 29.7 Å². The number of benzene rings is 2. The average molecular weight is 396 g/mol. The second-order valence-electron chi connectivity index (χ2n) is 7.83. The predicted molar refractivity (Wildman–Crippen MR) is 111 cm³/mol. The number of rotatable bonds is 4. The van der Waals surface area contributed by atoms with Crippen LogP contribution in [0.2, 0.25) is 0 Å². The van der Waals surface area contributed by atoms with Crippen LogP contribution in [-0.2, 0) is 17.8 Å². The number of hydrogen-bond acceptors (Lipinski definition) is 5. The minimum absolute atomic E-state index is 0.0576. The highest BCUT2D eigenvalue weighted by Gasteiger charge is 2.33. The van der Waals surface area contributed by atoms with E-state index in [9.17, 15) is 9.90 Å². The number of aliphatic hydroxyl groups excluding tert-OH is 1. The zero-order valence-corrected chi connectivity index (χ0v) is 17.2. The average Bonchev–Trinajstić information content (AvgIpc) is 2.72. The molecule has 2 aromatic carbocycles. The first-order chi connectivity index (χ1) is 14.0. The number of methoxy groups -OCH3 is 2. The summed E-state index contributed by atoms with van der Waals surface area (Å²) in [5.74, 6) is 1.41. The highest BCUT2D eigenvalue weighted by atomic mass is 16.5. The van der Waals surface area contributed by atoms with Gasteiger partial charge in [-0.3, -0.25) is 9.69 Å². The Hall–Kier alpha value is -2.57. The summed E-state index contributed by atoms with van der Waals surface area (Å²) < 4.78 is 10.9. The van der Waals surface area contributed by atoms with Gasteiger partial charge >= 0.3 is 0 Å². The predicted octanol–water partition coefficient (Wildman–Crippen LogP) is 2.92. The maximum absolute atomic E-state index is 13.3. The van der Waals surface area contributed by atoms with E-state index in [-0.39, 0.29) is 18.5 Å². The molecule has 4 rings (SSSR count). The van der Waals surface area contributed by atoms with E-state index in [1.165, 1.54) is 5.56 Å². The molecule has 2 heterocycles. The first-order valence-corrected chi connectivity index (χ1v) is 10.1. The summed E-state index contributed by atoms with van der Waals surface area (Å²) in [7, 11) is 3.21. The fourth-order valence-corrected chi connectivity index (χ4v) is 4.60. The van der Waals surface area contributed by atoms with Crippen LogP contribution >= 0.6 is 0 Å². The molecule has 154 valence electrons. The molecule has 0 saturated carbocycles. The van der Waals surface area contributed by atoms with Crippen LogP contribution < -0.4 is 14.4 Å². The number of carbonyl (C=O) groups is 1. The number of nitrogens with zero attached hydrogens (tertiary/aromatic N) is 2. The third-order valence-electron chi connectivity index (χ3n) is 6.01. The third kappa shape index (κ3) is 3.58. The molecular weight excluding hydrogens is 368 g/mol. The lowest BCUT2D eigenvalue weighted by Gasteiger charge is -2.38. The molecule has 6 heteroatoms. The van der Waals surface area contributed by atoms with Crippen LogP contribution in [0, 0.1) is 0 Å². The molecule has 0 spiro atoms. The molecule has 0 fully saturated rings. The topological polar surface area (TPSA) is 62.2 Å². The van der Waals surface area contributed by atoms with E-state index in [0.29, 0.717) is 24.6 Å². The quantitative estimate of drug-likeness (QED) is 0.861. The van der Waals surface area contributed by atoms with Gasteiger partial charge in [0.1, 0.15) is 11.5 Å². The summed E-state index contributed by atoms with van der Waals surface area (Å²) in [6.45, 7) is 3.26. The van der Waals surface area contributed by atoms with Gasteiger partial charge in [0.2, 0.25) is 5.91 Å². The van der Waals surface area contributed by atoms with Crippen LogP contribution in [0.15, 0.2) is 36.4 Å². The molecule has 0 radical (unpaired) electrons. The molecule has 2 aromatic rings. The van der Waals surface area contributed by atoms with Crippen molar-refractivity contribution in [1.29, 1.82) is 0 Å². The highest BCUT2D eigenvalue weighted by molar-refractivity contribution is 5.96. The van der Waals surface area contributed by atoms with Crippen molar-refractivity contribution in [2.24, 2.45) is 0 Å². The van der Waals surface area contributed by atoms with Crippen molar-refractivity contribution < 1.29 is 19.4 Å². The maximum atomic E-state index is 13.3. The molecule has 0 aromatic heterocycles. The Morgan fingerprint density at radius 2 is 1.86 bits per heavy atom. The second-order valence-corrected chi connectivity index (χ2v) is 7.83. The summed E-state index contributed by atoms with van der Waals surface area (Å²) in [5, 5.41) is 10.8. The molecule has 1 N–H and O–H groups in total. The minimum Gasteiger partial charge on any atom is -0.496 e. The number of para-hydroxylation sites is 1. The van der Waals surface area contributed by atoms with E-state index >= 15 is 0 Å². The summed E-state index contributed by atoms with van der Waals surface area (Å²) >= 11 is 0. The van der Waals surface area contributed by atoms with Crippen molar-refractivity contribution in [2.45, 2.75) is 38.5 Å². The summed E-state index contributed by atoms with van der Waals surface area (Å²) in [6.07, 6.45) is 1.22. The number of ether oxygens (including phenoxy) is 2. The molecule has 0 bridgehead atoms. The van der Waals surface area contributed by atoms with Gasteiger partial charge < -0.3 is 19.5 Å². The molecule has 29 heavy (non-hydrogen) atoms. The fraction of sp³-hybridized carbons (Fsp3) is 0.435. The molecule has 2 aliphatic rings. The summed E-state index contributed by atoms with van der Waals surface area (Å²) in [6, 6.07) is 11.9. The van der Waals surface area contributed by atoms with Gasteiger partial charge in [0.15, 0.2) is 0 Å². The Labute approximate surface area is 171 Å². The van der Waals surface area contributed by atoms with Gasteiger partial charge in [0.05, 0.1) is 26.9 Å². The first kappa shape index (κ1) is 19.7. The number of aryl methyl sites for hydroxylation is 1. The zero-order chi connectivity index (χ0) is 20.5. The Bertz CT molecular complexity index is 914. The smallest absolute Gasteiger partial charge is 0.241 e. The van der Waals surface area contributed by atoms with Gasteiger partial charge in [-0.1, -0.05) is 18.2 Å². The van der Waals surface area contributed by atoms with Crippen LogP contribution in [0.4, 0.5) is 5.69 Å². The van der Waals surface area contributed by atoms with Crippen molar-refractivity contribution in [1.82, 2.24) is 4.90 Å². The van der Waals surface area contributed by atoms with Gasteiger partial charge in [-0.25, -0.2) is 0 Å². The number of amides is 1. The van der Waals surface area contributed by atoms with Gasteiger partial charge in [-0.2, -0.15) is 0 Å². The molecule has 6 nitrogen and oxygen atoms in total. The van der Waals surface area contributed by atoms with Crippen LogP contribution in [0.1, 0.15) is 36.1 Å². The normalized spacial score (nSPS) is 21.3. The van der Waals surface area contributed by atoms with Gasteiger partial charge in [-0.05, 0) is 43.5 Å². The Morgan fingerprint density at radius 1 is 1.14 bits per heavy atom. The number of carbonyl (C=O) groups excluding carboxylic acids is 1. The van der Waals surface area contributed by atoms with Crippen molar-refractivity contribution in [3.8, 4) is 11.5 Å². The molecule has 2 aliphatic heterocycles. The lowest BCUT2D eigenvalue weighted by Crippen LogP contribution is -2.48. The lowest BCUT2D eigenvalue weighted by molar-refractivity contribution is -0.120. The van der Waals surface area contributed by atoms with Crippen molar-refractivity contribution in [2.75, 3.05) is 32.2 Å². The molecular formula is C23H28N2O4. The molecule has 1 amide bonds. The lowest BCUT2D eigenvalue weighted by atomic mass is 9.94. The largest absolute Gasteiger partial charge is 0.496 e. The van der Waals surface area contributed by atoms with E-state index in [4.69, 9.17) is 9.47 Å². The van der Waals surface area contributed by atoms with Crippen LogP contribution in [0.5, 0.6) is 11.5 Å². The Morgan fingerprint density at radius 3 is 2.62 bits per heavy atom. The molecule has 0 saturated heterocycles. The van der Waals surface area contributed by atoms with Crippen molar-refractivity contribution in [3.05, 3.63) is 53.1 Å². The van der Waals surface area contributed by atoms with E-state index < -0.39 is 6.10 Å². The zero-order valence-electron chi connectivity index (χ0n) is 17.2. The molecule has 2 atom stereocenters. The minimum atomic E-state index is -0.734. The number of anilines is 1. The fourth-order valence-electron chi connectivity index (χ4n) is 4.60. The Balaban J connectivity index is 1.58. The molecule has 0 unspecified atom stereocenters. The second kappa shape index (κ2) is 8.05.